The van der Waals surface area contributed by atoms with Crippen LogP contribution >= 0.6 is 28.3 Å². The van der Waals surface area contributed by atoms with Gasteiger partial charge >= 0.3 is 0 Å². The van der Waals surface area contributed by atoms with Crippen molar-refractivity contribution >= 4 is 34.2 Å². The third-order valence-corrected chi connectivity index (χ3v) is 3.72. The lowest BCUT2D eigenvalue weighted by Gasteiger charge is -2.11. The number of benzene rings is 1. The molecule has 106 valence electrons. The first-order valence-corrected chi connectivity index (χ1v) is 6.82. The van der Waals surface area contributed by atoms with Gasteiger partial charge in [0.25, 0.3) is 0 Å². The number of amides is 1. The number of carbonyl (C=O) groups is 1. The largest absolute Gasteiger partial charge is 0.354 e. The second-order valence-electron chi connectivity index (χ2n) is 4.73. The molecule has 1 aliphatic rings. The van der Waals surface area contributed by atoms with Crippen molar-refractivity contribution in [1.29, 1.82) is 0 Å². The molecule has 1 saturated carbocycles. The molecule has 1 aromatic rings. The van der Waals surface area contributed by atoms with Crippen LogP contribution in [0.15, 0.2) is 22.7 Å². The minimum Gasteiger partial charge on any atom is -0.354 e. The van der Waals surface area contributed by atoms with Crippen LogP contribution in [0, 0.1) is 11.7 Å². The topological polar surface area (TPSA) is 55.1 Å². The molecule has 0 radical (unpaired) electrons. The Labute approximate surface area is 126 Å². The summed E-state index contributed by atoms with van der Waals surface area (Å²) in [6.45, 7) is 0.520. The van der Waals surface area contributed by atoms with E-state index in [0.717, 1.165) is 5.56 Å². The van der Waals surface area contributed by atoms with Gasteiger partial charge in [0, 0.05) is 12.6 Å². The van der Waals surface area contributed by atoms with Crippen LogP contribution in [0.1, 0.15) is 18.4 Å². The molecule has 0 aliphatic heterocycles. The monoisotopic (exact) mass is 350 g/mol. The third kappa shape index (κ3) is 5.09. The Morgan fingerprint density at radius 3 is 2.79 bits per heavy atom. The zero-order valence-corrected chi connectivity index (χ0v) is 12.8. The number of nitrogens with two attached hydrogens (primary N) is 1. The lowest BCUT2D eigenvalue weighted by atomic mass is 10.1. The molecule has 1 unspecified atom stereocenters. The van der Waals surface area contributed by atoms with Crippen LogP contribution in [0.2, 0.25) is 0 Å². The zero-order valence-electron chi connectivity index (χ0n) is 10.4. The highest BCUT2D eigenvalue weighted by atomic mass is 79.9. The van der Waals surface area contributed by atoms with Crippen LogP contribution in [0.4, 0.5) is 4.39 Å². The maximum absolute atomic E-state index is 13.0. The molecule has 0 spiro atoms. The van der Waals surface area contributed by atoms with Crippen molar-refractivity contribution in [1.82, 2.24) is 5.32 Å². The molecule has 1 aliphatic carbocycles. The molecule has 3 N–H and O–H groups in total. The van der Waals surface area contributed by atoms with E-state index in [1.807, 2.05) is 0 Å². The molecule has 0 bridgehead atoms. The molecule has 1 amide bonds. The number of hydrogen-bond donors (Lipinski definition) is 2. The van der Waals surface area contributed by atoms with Gasteiger partial charge in [-0.3, -0.25) is 4.79 Å². The quantitative estimate of drug-likeness (QED) is 0.856. The van der Waals surface area contributed by atoms with E-state index < -0.39 is 0 Å². The highest BCUT2D eigenvalue weighted by molar-refractivity contribution is 9.10. The first-order valence-electron chi connectivity index (χ1n) is 6.02. The van der Waals surface area contributed by atoms with Crippen LogP contribution in [0.25, 0.3) is 0 Å². The molecular weight excluding hydrogens is 335 g/mol. The van der Waals surface area contributed by atoms with E-state index >= 15 is 0 Å². The minimum atomic E-state index is -0.324. The predicted octanol–water partition coefficient (Wildman–Crippen LogP) is 2.41. The fourth-order valence-electron chi connectivity index (χ4n) is 1.82. The van der Waals surface area contributed by atoms with Crippen molar-refractivity contribution < 1.29 is 9.18 Å². The van der Waals surface area contributed by atoms with Crippen LogP contribution in [-0.2, 0) is 11.2 Å². The molecule has 19 heavy (non-hydrogen) atoms. The predicted molar refractivity (Wildman–Crippen MR) is 78.8 cm³/mol. The van der Waals surface area contributed by atoms with Crippen molar-refractivity contribution in [3.8, 4) is 0 Å². The molecule has 3 nitrogen and oxygen atoms in total. The van der Waals surface area contributed by atoms with E-state index in [1.54, 1.807) is 12.1 Å². The molecule has 2 rings (SSSR count). The van der Waals surface area contributed by atoms with Crippen molar-refractivity contribution in [2.45, 2.75) is 25.3 Å². The lowest BCUT2D eigenvalue weighted by Crippen LogP contribution is -2.39. The van der Waals surface area contributed by atoms with Gasteiger partial charge in [0.2, 0.25) is 5.91 Å². The summed E-state index contributed by atoms with van der Waals surface area (Å²) in [5, 5.41) is 2.81. The highest BCUT2D eigenvalue weighted by Gasteiger charge is 2.28. The highest BCUT2D eigenvalue weighted by Crippen LogP contribution is 2.31. The van der Waals surface area contributed by atoms with Crippen LogP contribution in [0.3, 0.4) is 0 Å². The minimum absolute atomic E-state index is 0. The molecule has 1 atom stereocenters. The SMILES string of the molecule is Cl.NC(CNC(=O)Cc1ccc(F)c(Br)c1)C1CC1. The molecular formula is C13H17BrClFN2O. The number of nitrogens with one attached hydrogen (secondary N) is 1. The van der Waals surface area contributed by atoms with E-state index in [4.69, 9.17) is 5.73 Å². The Kier molecular flexibility index (Phi) is 6.23. The van der Waals surface area contributed by atoms with E-state index in [0.29, 0.717) is 16.9 Å². The molecule has 6 heteroatoms. The Bertz CT molecular complexity index is 454. The van der Waals surface area contributed by atoms with E-state index in [9.17, 15) is 9.18 Å². The summed E-state index contributed by atoms with van der Waals surface area (Å²) in [6.07, 6.45) is 2.58. The summed E-state index contributed by atoms with van der Waals surface area (Å²) in [5.41, 5.74) is 6.67. The fraction of sp³-hybridized carbons (Fsp3) is 0.462. The summed E-state index contributed by atoms with van der Waals surface area (Å²) in [6, 6.07) is 4.65. The number of halogens is 3. The van der Waals surface area contributed by atoms with Gasteiger partial charge in [-0.15, -0.1) is 12.4 Å². The Morgan fingerprint density at radius 2 is 2.21 bits per heavy atom. The van der Waals surface area contributed by atoms with Crippen LogP contribution in [-0.4, -0.2) is 18.5 Å². The number of hydrogen-bond acceptors (Lipinski definition) is 2. The van der Waals surface area contributed by atoms with Gasteiger partial charge in [0.15, 0.2) is 0 Å². The average molecular weight is 352 g/mol. The van der Waals surface area contributed by atoms with Crippen molar-refractivity contribution in [2.75, 3.05) is 6.54 Å². The summed E-state index contributed by atoms with van der Waals surface area (Å²) in [5.74, 6) is 0.171. The normalized spacial score (nSPS) is 15.5. The van der Waals surface area contributed by atoms with E-state index in [-0.39, 0.29) is 36.6 Å². The summed E-state index contributed by atoms with van der Waals surface area (Å²) < 4.78 is 13.4. The standard InChI is InChI=1S/C13H16BrFN2O.ClH/c14-10-5-8(1-4-11(10)15)6-13(18)17-7-12(16)9-2-3-9;/h1,4-5,9,12H,2-3,6-7,16H2,(H,17,18);1H. The second-order valence-corrected chi connectivity index (χ2v) is 5.58. The maximum atomic E-state index is 13.0. The van der Waals surface area contributed by atoms with E-state index in [2.05, 4.69) is 21.2 Å². The average Bonchev–Trinajstić information content (AvgIpc) is 3.15. The molecule has 0 heterocycles. The van der Waals surface area contributed by atoms with Crippen LogP contribution in [0.5, 0.6) is 0 Å². The Balaban J connectivity index is 0.00000180. The first kappa shape index (κ1) is 16.4. The van der Waals surface area contributed by atoms with Crippen molar-refractivity contribution in [3.05, 3.63) is 34.1 Å². The van der Waals surface area contributed by atoms with Gasteiger partial charge in [0.1, 0.15) is 5.82 Å². The van der Waals surface area contributed by atoms with Gasteiger partial charge in [-0.2, -0.15) is 0 Å². The van der Waals surface area contributed by atoms with E-state index in [1.165, 1.54) is 18.9 Å². The zero-order chi connectivity index (χ0) is 13.1. The van der Waals surface area contributed by atoms with Crippen molar-refractivity contribution in [3.63, 3.8) is 0 Å². The first-order chi connectivity index (χ1) is 8.56. The molecule has 1 fully saturated rings. The van der Waals surface area contributed by atoms with Gasteiger partial charge in [0.05, 0.1) is 10.9 Å². The molecule has 1 aromatic carbocycles. The van der Waals surface area contributed by atoms with Gasteiger partial charge in [-0.1, -0.05) is 6.07 Å². The van der Waals surface area contributed by atoms with Crippen molar-refractivity contribution in [2.24, 2.45) is 11.7 Å². The maximum Gasteiger partial charge on any atom is 0.224 e. The lowest BCUT2D eigenvalue weighted by molar-refractivity contribution is -0.120. The summed E-state index contributed by atoms with van der Waals surface area (Å²) >= 11 is 3.10. The molecule has 0 aromatic heterocycles. The number of carbonyl (C=O) groups excluding carboxylic acids is 1. The Morgan fingerprint density at radius 1 is 1.53 bits per heavy atom. The number of rotatable bonds is 5. The Hall–Kier alpha value is -0.650. The van der Waals surface area contributed by atoms with Gasteiger partial charge in [-0.25, -0.2) is 4.39 Å². The fourth-order valence-corrected chi connectivity index (χ4v) is 2.25. The smallest absolute Gasteiger partial charge is 0.224 e. The third-order valence-electron chi connectivity index (χ3n) is 3.11. The van der Waals surface area contributed by atoms with Gasteiger partial charge in [-0.05, 0) is 52.4 Å². The summed E-state index contributed by atoms with van der Waals surface area (Å²) in [7, 11) is 0. The molecule has 0 saturated heterocycles. The van der Waals surface area contributed by atoms with Gasteiger partial charge < -0.3 is 11.1 Å². The summed E-state index contributed by atoms with van der Waals surface area (Å²) in [4.78, 5) is 11.7. The van der Waals surface area contributed by atoms with Crippen LogP contribution < -0.4 is 11.1 Å². The second kappa shape index (κ2) is 7.22.